The highest BCUT2D eigenvalue weighted by Crippen LogP contribution is 2.28. The highest BCUT2D eigenvalue weighted by Gasteiger charge is 2.27. The quantitative estimate of drug-likeness (QED) is 0.682. The fraction of sp³-hybridized carbons (Fsp3) is 0.636. The number of hydrogen-bond acceptors (Lipinski definition) is 5. The van der Waals surface area contributed by atoms with Gasteiger partial charge in [0.1, 0.15) is 23.1 Å². The summed E-state index contributed by atoms with van der Waals surface area (Å²) < 4.78 is 13.5. The fourth-order valence-electron chi connectivity index (χ4n) is 4.43. The molecule has 2 aliphatic rings. The number of methoxy groups -OCH3 is 1. The smallest absolute Gasteiger partial charge is 0.137 e. The Hall–Kier alpha value is -2.08. The first-order valence-corrected chi connectivity index (χ1v) is 10.7. The molecule has 1 aromatic heterocycles. The Morgan fingerprint density at radius 1 is 1.00 bits per heavy atom. The zero-order valence-electron chi connectivity index (χ0n) is 17.0. The summed E-state index contributed by atoms with van der Waals surface area (Å²) in [6.07, 6.45) is 8.43. The predicted octanol–water partition coefficient (Wildman–Crippen LogP) is 3.66. The maximum Gasteiger partial charge on any atom is 0.137 e. The van der Waals surface area contributed by atoms with E-state index < -0.39 is 0 Å². The summed E-state index contributed by atoms with van der Waals surface area (Å²) in [5.41, 5.74) is 0. The van der Waals surface area contributed by atoms with Crippen molar-refractivity contribution in [1.29, 1.82) is 0 Å². The Bertz CT molecular complexity index is 743. The molecule has 6 heteroatoms. The first-order chi connectivity index (χ1) is 13.8. The van der Waals surface area contributed by atoms with Crippen LogP contribution in [0.5, 0.6) is 11.5 Å². The largest absolute Gasteiger partial charge is 0.497 e. The van der Waals surface area contributed by atoms with E-state index in [4.69, 9.17) is 9.47 Å². The molecule has 0 spiro atoms. The van der Waals surface area contributed by atoms with Crippen LogP contribution in [0, 0.1) is 0 Å². The summed E-state index contributed by atoms with van der Waals surface area (Å²) >= 11 is 0. The molecule has 2 aliphatic heterocycles. The Balaban J connectivity index is 1.25. The minimum Gasteiger partial charge on any atom is -0.497 e. The summed E-state index contributed by atoms with van der Waals surface area (Å²) in [6, 6.07) is 7.80. The van der Waals surface area contributed by atoms with Crippen molar-refractivity contribution in [3.05, 3.63) is 35.9 Å². The van der Waals surface area contributed by atoms with E-state index in [1.165, 1.54) is 50.3 Å². The first kappa shape index (κ1) is 19.2. The molecule has 152 valence electrons. The minimum absolute atomic E-state index is 0.524. The van der Waals surface area contributed by atoms with Crippen LogP contribution in [0.15, 0.2) is 24.3 Å². The summed E-state index contributed by atoms with van der Waals surface area (Å²) in [7, 11) is 1.68. The van der Waals surface area contributed by atoms with Crippen molar-refractivity contribution < 1.29 is 9.47 Å². The second kappa shape index (κ2) is 9.41. The first-order valence-electron chi connectivity index (χ1n) is 10.7. The Labute approximate surface area is 167 Å². The number of piperidine rings is 1. The van der Waals surface area contributed by atoms with E-state index in [0.29, 0.717) is 5.92 Å². The van der Waals surface area contributed by atoms with E-state index in [1.807, 2.05) is 24.3 Å². The minimum atomic E-state index is 0.524. The molecule has 0 saturated carbocycles. The summed E-state index contributed by atoms with van der Waals surface area (Å²) in [6.45, 7) is 5.20. The average Bonchev–Trinajstić information content (AvgIpc) is 3.00. The van der Waals surface area contributed by atoms with Crippen LogP contribution >= 0.6 is 0 Å². The van der Waals surface area contributed by atoms with Gasteiger partial charge in [0.15, 0.2) is 0 Å². The number of aromatic nitrogens is 3. The van der Waals surface area contributed by atoms with Gasteiger partial charge in [-0.15, -0.1) is 10.2 Å². The number of likely N-dealkylation sites (tertiary alicyclic amines) is 1. The standard InChI is InChI=1S/C22H32N4O2/c1-27-19-9-11-20(12-10-19)28-16-6-14-25-13-5-7-18(17-25)22-24-23-21-8-3-2-4-15-26(21)22/h9-12,18H,2-8,13-17H2,1H3. The molecule has 1 aromatic carbocycles. The number of aryl methyl sites for hydroxylation is 1. The van der Waals surface area contributed by atoms with Gasteiger partial charge in [0.05, 0.1) is 13.7 Å². The molecule has 28 heavy (non-hydrogen) atoms. The van der Waals surface area contributed by atoms with Crippen LogP contribution in [0.2, 0.25) is 0 Å². The van der Waals surface area contributed by atoms with Crippen molar-refractivity contribution >= 4 is 0 Å². The van der Waals surface area contributed by atoms with Crippen molar-refractivity contribution in [2.45, 2.75) is 57.4 Å². The fourth-order valence-corrected chi connectivity index (χ4v) is 4.43. The normalized spacial score (nSPS) is 20.4. The van der Waals surface area contributed by atoms with Crippen LogP contribution < -0.4 is 9.47 Å². The van der Waals surface area contributed by atoms with Crippen molar-refractivity contribution in [3.63, 3.8) is 0 Å². The predicted molar refractivity (Wildman–Crippen MR) is 109 cm³/mol. The van der Waals surface area contributed by atoms with Crippen LogP contribution in [0.25, 0.3) is 0 Å². The SMILES string of the molecule is COc1ccc(OCCCN2CCCC(c3nnc4n3CCCCC4)C2)cc1. The van der Waals surface area contributed by atoms with Gasteiger partial charge in [-0.3, -0.25) is 0 Å². The van der Waals surface area contributed by atoms with Crippen LogP contribution in [-0.4, -0.2) is 53.0 Å². The lowest BCUT2D eigenvalue weighted by atomic mass is 9.97. The highest BCUT2D eigenvalue weighted by atomic mass is 16.5. The number of fused-ring (bicyclic) bond motifs is 1. The van der Waals surface area contributed by atoms with Gasteiger partial charge in [-0.25, -0.2) is 0 Å². The van der Waals surface area contributed by atoms with E-state index in [1.54, 1.807) is 7.11 Å². The summed E-state index contributed by atoms with van der Waals surface area (Å²) in [5, 5.41) is 9.10. The van der Waals surface area contributed by atoms with Crippen molar-refractivity contribution in [1.82, 2.24) is 19.7 Å². The molecule has 1 unspecified atom stereocenters. The molecule has 1 atom stereocenters. The van der Waals surface area contributed by atoms with Crippen molar-refractivity contribution in [2.24, 2.45) is 0 Å². The van der Waals surface area contributed by atoms with Gasteiger partial charge in [0.2, 0.25) is 0 Å². The third-order valence-electron chi connectivity index (χ3n) is 5.96. The second-order valence-corrected chi connectivity index (χ2v) is 7.95. The number of rotatable bonds is 7. The molecule has 2 aromatic rings. The van der Waals surface area contributed by atoms with E-state index in [9.17, 15) is 0 Å². The Morgan fingerprint density at radius 3 is 2.71 bits per heavy atom. The molecule has 0 aliphatic carbocycles. The van der Waals surface area contributed by atoms with Crippen LogP contribution in [0.3, 0.4) is 0 Å². The molecule has 3 heterocycles. The lowest BCUT2D eigenvalue weighted by molar-refractivity contribution is 0.184. The molecule has 0 radical (unpaired) electrons. The molecule has 0 bridgehead atoms. The maximum absolute atomic E-state index is 5.88. The van der Waals surface area contributed by atoms with E-state index >= 15 is 0 Å². The molecular formula is C22H32N4O2. The highest BCUT2D eigenvalue weighted by molar-refractivity contribution is 5.31. The second-order valence-electron chi connectivity index (χ2n) is 7.95. The number of ether oxygens (including phenoxy) is 2. The molecule has 0 N–H and O–H groups in total. The molecule has 1 fully saturated rings. The molecular weight excluding hydrogens is 352 g/mol. The third-order valence-corrected chi connectivity index (χ3v) is 5.96. The van der Waals surface area contributed by atoms with E-state index in [0.717, 1.165) is 50.6 Å². The molecule has 0 amide bonds. The zero-order valence-corrected chi connectivity index (χ0v) is 17.0. The number of benzene rings is 1. The lowest BCUT2D eigenvalue weighted by Gasteiger charge is -2.32. The monoisotopic (exact) mass is 384 g/mol. The maximum atomic E-state index is 5.88. The van der Waals surface area contributed by atoms with Gasteiger partial charge in [0.25, 0.3) is 0 Å². The Kier molecular flexibility index (Phi) is 6.47. The Morgan fingerprint density at radius 2 is 1.86 bits per heavy atom. The zero-order chi connectivity index (χ0) is 19.2. The average molecular weight is 385 g/mol. The van der Waals surface area contributed by atoms with Crippen molar-refractivity contribution in [3.8, 4) is 11.5 Å². The molecule has 6 nitrogen and oxygen atoms in total. The molecule has 4 rings (SSSR count). The van der Waals surface area contributed by atoms with Gasteiger partial charge in [-0.05, 0) is 62.9 Å². The molecule has 1 saturated heterocycles. The van der Waals surface area contributed by atoms with Gasteiger partial charge in [-0.1, -0.05) is 6.42 Å². The lowest BCUT2D eigenvalue weighted by Crippen LogP contribution is -2.36. The van der Waals surface area contributed by atoms with E-state index in [2.05, 4.69) is 19.7 Å². The van der Waals surface area contributed by atoms with Crippen LogP contribution in [0.4, 0.5) is 0 Å². The van der Waals surface area contributed by atoms with Crippen LogP contribution in [-0.2, 0) is 13.0 Å². The number of nitrogens with zero attached hydrogens (tertiary/aromatic N) is 4. The third kappa shape index (κ3) is 4.66. The van der Waals surface area contributed by atoms with Gasteiger partial charge in [0, 0.05) is 32.0 Å². The topological polar surface area (TPSA) is 52.4 Å². The van der Waals surface area contributed by atoms with Gasteiger partial charge in [-0.2, -0.15) is 0 Å². The van der Waals surface area contributed by atoms with E-state index in [-0.39, 0.29) is 0 Å². The summed E-state index contributed by atoms with van der Waals surface area (Å²) in [4.78, 5) is 2.57. The summed E-state index contributed by atoms with van der Waals surface area (Å²) in [5.74, 6) is 4.73. The number of hydrogen-bond donors (Lipinski definition) is 0. The van der Waals surface area contributed by atoms with Gasteiger partial charge >= 0.3 is 0 Å². The van der Waals surface area contributed by atoms with Gasteiger partial charge < -0.3 is 18.9 Å². The van der Waals surface area contributed by atoms with Crippen LogP contribution in [0.1, 0.15) is 56.1 Å². The van der Waals surface area contributed by atoms with Crippen molar-refractivity contribution in [2.75, 3.05) is 33.4 Å².